The number of carbonyl (C=O) groups is 1. The van der Waals surface area contributed by atoms with Gasteiger partial charge in [-0.15, -0.1) is 0 Å². The van der Waals surface area contributed by atoms with E-state index in [0.717, 1.165) is 12.1 Å². The van der Waals surface area contributed by atoms with Crippen molar-refractivity contribution in [1.29, 1.82) is 0 Å². The van der Waals surface area contributed by atoms with Crippen LogP contribution in [-0.4, -0.2) is 29.0 Å². The third-order valence-corrected chi connectivity index (χ3v) is 2.13. The summed E-state index contributed by atoms with van der Waals surface area (Å²) in [6, 6.07) is 2.54. The van der Waals surface area contributed by atoms with Crippen molar-refractivity contribution in [2.75, 3.05) is 18.4 Å². The van der Waals surface area contributed by atoms with Gasteiger partial charge in [-0.25, -0.2) is 4.79 Å². The van der Waals surface area contributed by atoms with Crippen LogP contribution in [0.15, 0.2) is 18.2 Å². The summed E-state index contributed by atoms with van der Waals surface area (Å²) in [7, 11) is 0. The van der Waals surface area contributed by atoms with E-state index in [1.165, 1.54) is 6.07 Å². The van der Waals surface area contributed by atoms with Gasteiger partial charge in [-0.2, -0.15) is 0 Å². The van der Waals surface area contributed by atoms with Crippen molar-refractivity contribution < 1.29 is 14.6 Å². The Morgan fingerprint density at radius 2 is 1.89 bits per heavy atom. The molecule has 0 spiro atoms. The third-order valence-electron chi connectivity index (χ3n) is 2.13. The summed E-state index contributed by atoms with van der Waals surface area (Å²) >= 11 is 0. The van der Waals surface area contributed by atoms with Crippen LogP contribution < -0.4 is 16.4 Å². The number of hydrogen-bond acceptors (Lipinski definition) is 6. The average Bonchev–Trinajstić information content (AvgIpc) is 2.34. The van der Waals surface area contributed by atoms with E-state index in [9.17, 15) is 25.0 Å². The monoisotopic (exact) mass is 269 g/mol. The molecular weight excluding hydrogens is 258 g/mol. The van der Waals surface area contributed by atoms with Crippen molar-refractivity contribution in [2.45, 2.75) is 0 Å². The highest BCUT2D eigenvalue weighted by molar-refractivity contribution is 5.71. The quantitative estimate of drug-likeness (QED) is 0.390. The number of benzene rings is 1. The fourth-order valence-electron chi connectivity index (χ4n) is 1.32. The Balaban J connectivity index is 2.79. The Bertz CT molecular complexity index is 518. The van der Waals surface area contributed by atoms with E-state index >= 15 is 0 Å². The molecule has 4 N–H and O–H groups in total. The SMILES string of the molecule is NC(=O)NCCNc1ccc([N+](=O)[O-])cc1[N+](=O)[O-]. The first-order valence-electron chi connectivity index (χ1n) is 5.12. The summed E-state index contributed by atoms with van der Waals surface area (Å²) in [6.07, 6.45) is 0. The molecule has 0 unspecified atom stereocenters. The fourth-order valence-corrected chi connectivity index (χ4v) is 1.32. The minimum absolute atomic E-state index is 0.127. The predicted molar refractivity (Wildman–Crippen MR) is 65.8 cm³/mol. The van der Waals surface area contributed by atoms with Gasteiger partial charge in [0.15, 0.2) is 0 Å². The van der Waals surface area contributed by atoms with Crippen LogP contribution in [0.5, 0.6) is 0 Å². The van der Waals surface area contributed by atoms with Crippen molar-refractivity contribution in [3.63, 3.8) is 0 Å². The molecular formula is C9H11N5O5. The molecule has 0 atom stereocenters. The van der Waals surface area contributed by atoms with Crippen LogP contribution >= 0.6 is 0 Å². The molecule has 0 aromatic heterocycles. The molecule has 1 aromatic rings. The van der Waals surface area contributed by atoms with E-state index in [4.69, 9.17) is 5.73 Å². The van der Waals surface area contributed by atoms with Crippen molar-refractivity contribution in [3.8, 4) is 0 Å². The van der Waals surface area contributed by atoms with Gasteiger partial charge >= 0.3 is 6.03 Å². The molecule has 10 nitrogen and oxygen atoms in total. The van der Waals surface area contributed by atoms with Crippen LogP contribution in [0.2, 0.25) is 0 Å². The summed E-state index contributed by atoms with van der Waals surface area (Å²) < 4.78 is 0. The van der Waals surface area contributed by atoms with E-state index in [1.807, 2.05) is 0 Å². The maximum atomic E-state index is 10.8. The number of nitrogens with one attached hydrogen (secondary N) is 2. The minimum Gasteiger partial charge on any atom is -0.378 e. The van der Waals surface area contributed by atoms with E-state index in [1.54, 1.807) is 0 Å². The zero-order chi connectivity index (χ0) is 14.4. The summed E-state index contributed by atoms with van der Waals surface area (Å²) in [5, 5.41) is 26.3. The molecule has 0 radical (unpaired) electrons. The maximum absolute atomic E-state index is 10.8. The van der Waals surface area contributed by atoms with E-state index in [2.05, 4.69) is 10.6 Å². The lowest BCUT2D eigenvalue weighted by molar-refractivity contribution is -0.393. The van der Waals surface area contributed by atoms with Gasteiger partial charge in [-0.1, -0.05) is 0 Å². The molecule has 1 rings (SSSR count). The van der Waals surface area contributed by atoms with Gasteiger partial charge in [0.25, 0.3) is 11.4 Å². The van der Waals surface area contributed by atoms with Crippen LogP contribution in [0.3, 0.4) is 0 Å². The molecule has 0 fully saturated rings. The minimum atomic E-state index is -0.725. The lowest BCUT2D eigenvalue weighted by Gasteiger charge is -2.07. The first kappa shape index (κ1) is 14.2. The van der Waals surface area contributed by atoms with Crippen LogP contribution in [0.25, 0.3) is 0 Å². The molecule has 0 aliphatic carbocycles. The zero-order valence-electron chi connectivity index (χ0n) is 9.66. The fraction of sp³-hybridized carbons (Fsp3) is 0.222. The highest BCUT2D eigenvalue weighted by atomic mass is 16.6. The second-order valence-corrected chi connectivity index (χ2v) is 3.43. The van der Waals surface area contributed by atoms with Crippen LogP contribution in [0.4, 0.5) is 21.9 Å². The normalized spacial score (nSPS) is 9.68. The Hall–Kier alpha value is -2.91. The highest BCUT2D eigenvalue weighted by Crippen LogP contribution is 2.28. The number of primary amides is 1. The molecule has 10 heteroatoms. The molecule has 0 aliphatic heterocycles. The van der Waals surface area contributed by atoms with Gasteiger partial charge in [-0.3, -0.25) is 20.2 Å². The van der Waals surface area contributed by atoms with Gasteiger partial charge in [0.1, 0.15) is 5.69 Å². The Morgan fingerprint density at radius 3 is 2.42 bits per heavy atom. The smallest absolute Gasteiger partial charge is 0.312 e. The van der Waals surface area contributed by atoms with Gasteiger partial charge < -0.3 is 16.4 Å². The molecule has 0 aliphatic rings. The molecule has 19 heavy (non-hydrogen) atoms. The summed E-state index contributed by atoms with van der Waals surface area (Å²) in [5.41, 5.74) is 4.19. The number of rotatable bonds is 6. The lowest BCUT2D eigenvalue weighted by Crippen LogP contribution is -2.33. The first-order chi connectivity index (χ1) is 8.91. The standard InChI is InChI=1S/C9H11N5O5/c10-9(15)12-4-3-11-7-2-1-6(13(16)17)5-8(7)14(18)19/h1-2,5,11H,3-4H2,(H3,10,12,15). The van der Waals surface area contributed by atoms with Crippen molar-refractivity contribution in [3.05, 3.63) is 38.4 Å². The molecule has 0 bridgehead atoms. The highest BCUT2D eigenvalue weighted by Gasteiger charge is 2.18. The van der Waals surface area contributed by atoms with Crippen molar-refractivity contribution >= 4 is 23.1 Å². The van der Waals surface area contributed by atoms with Gasteiger partial charge in [0.2, 0.25) is 0 Å². The molecule has 1 aromatic carbocycles. The Kier molecular flexibility index (Phi) is 4.57. The Labute approximate surface area is 106 Å². The zero-order valence-corrected chi connectivity index (χ0v) is 9.66. The molecule has 0 saturated heterocycles. The molecule has 102 valence electrons. The maximum Gasteiger partial charge on any atom is 0.312 e. The number of hydrogen-bond donors (Lipinski definition) is 3. The summed E-state index contributed by atoms with van der Waals surface area (Å²) in [5.74, 6) is 0. The number of non-ortho nitro benzene ring substituents is 1. The number of nitrogens with two attached hydrogens (primary N) is 1. The second kappa shape index (κ2) is 6.14. The number of nitro benzene ring substituents is 2. The largest absolute Gasteiger partial charge is 0.378 e. The van der Waals surface area contributed by atoms with E-state index in [-0.39, 0.29) is 24.5 Å². The molecule has 0 saturated carbocycles. The number of nitro groups is 2. The van der Waals surface area contributed by atoms with Crippen LogP contribution in [0.1, 0.15) is 0 Å². The molecule has 0 heterocycles. The Morgan fingerprint density at radius 1 is 1.21 bits per heavy atom. The number of nitrogens with zero attached hydrogens (tertiary/aromatic N) is 2. The number of anilines is 1. The van der Waals surface area contributed by atoms with Gasteiger partial charge in [0.05, 0.1) is 15.9 Å². The van der Waals surface area contributed by atoms with E-state index in [0.29, 0.717) is 0 Å². The van der Waals surface area contributed by atoms with Gasteiger partial charge in [-0.05, 0) is 6.07 Å². The second-order valence-electron chi connectivity index (χ2n) is 3.43. The summed E-state index contributed by atoms with van der Waals surface area (Å²) in [6.45, 7) is 0.366. The van der Waals surface area contributed by atoms with Crippen molar-refractivity contribution in [2.24, 2.45) is 5.73 Å². The summed E-state index contributed by atoms with van der Waals surface area (Å²) in [4.78, 5) is 30.3. The van der Waals surface area contributed by atoms with E-state index < -0.39 is 21.6 Å². The van der Waals surface area contributed by atoms with Gasteiger partial charge in [0, 0.05) is 19.2 Å². The number of amides is 2. The number of carbonyl (C=O) groups excluding carboxylic acids is 1. The van der Waals surface area contributed by atoms with Crippen LogP contribution in [-0.2, 0) is 0 Å². The third kappa shape index (κ3) is 4.11. The predicted octanol–water partition coefficient (Wildman–Crippen LogP) is 0.583. The van der Waals surface area contributed by atoms with Crippen LogP contribution in [0, 0.1) is 20.2 Å². The number of urea groups is 1. The average molecular weight is 269 g/mol. The molecule has 2 amide bonds. The first-order valence-corrected chi connectivity index (χ1v) is 5.12. The van der Waals surface area contributed by atoms with Crippen molar-refractivity contribution in [1.82, 2.24) is 5.32 Å². The lowest BCUT2D eigenvalue weighted by atomic mass is 10.2. The topological polar surface area (TPSA) is 153 Å².